The molecule has 0 saturated carbocycles. The van der Waals surface area contributed by atoms with Crippen molar-refractivity contribution in [3.8, 4) is 0 Å². The second kappa shape index (κ2) is 5.94. The highest BCUT2D eigenvalue weighted by Gasteiger charge is 2.15. The first-order valence-electron chi connectivity index (χ1n) is 4.50. The van der Waals surface area contributed by atoms with E-state index in [4.69, 9.17) is 21.3 Å². The number of hydrogen-bond donors (Lipinski definition) is 3. The van der Waals surface area contributed by atoms with E-state index in [1.807, 2.05) is 0 Å². The number of esters is 1. The molecule has 0 spiro atoms. The van der Waals surface area contributed by atoms with Crippen molar-refractivity contribution in [1.82, 2.24) is 0 Å². The van der Waals surface area contributed by atoms with Crippen LogP contribution in [0.1, 0.15) is 16.1 Å². The number of methoxy groups -OCH3 is 1. The zero-order valence-corrected chi connectivity index (χ0v) is 9.91. The van der Waals surface area contributed by atoms with Gasteiger partial charge in [-0.25, -0.2) is 4.79 Å². The minimum absolute atomic E-state index is 0.0581. The Bertz CT molecular complexity index is 451. The van der Waals surface area contributed by atoms with Gasteiger partial charge in [0.15, 0.2) is 11.1 Å². The number of carbonyl (C=O) groups is 1. The van der Waals surface area contributed by atoms with Gasteiger partial charge in [-0.1, -0.05) is 11.8 Å². The highest BCUT2D eigenvalue weighted by Crippen LogP contribution is 2.19. The lowest BCUT2D eigenvalue weighted by atomic mass is 10.3. The fourth-order valence-electron chi connectivity index (χ4n) is 1.03. The molecule has 1 aromatic heterocycles. The van der Waals surface area contributed by atoms with Gasteiger partial charge >= 0.3 is 5.97 Å². The molecule has 0 atom stereocenters. The number of aliphatic imine (C=N–C) groups is 1. The standard InChI is InChI=1S/C9H12N4O3S/c1-15-7(14)5-2-3-16-6(5)4-17-9(12)13-8(10)11/h2-3H,4H2,1H3,(H5,10,11,12,13). The number of carbonyl (C=O) groups excluding carboxylic acids is 1. The minimum Gasteiger partial charge on any atom is -0.468 e. The third-order valence-electron chi connectivity index (χ3n) is 1.72. The van der Waals surface area contributed by atoms with Crippen LogP contribution >= 0.6 is 11.8 Å². The number of nitrogens with one attached hydrogen (secondary N) is 1. The third-order valence-corrected chi connectivity index (χ3v) is 2.49. The molecule has 1 aromatic rings. The number of nitrogens with zero attached hydrogens (tertiary/aromatic N) is 1. The summed E-state index contributed by atoms with van der Waals surface area (Å²) >= 11 is 1.04. The molecule has 0 unspecified atom stereocenters. The number of guanidine groups is 1. The molecule has 1 heterocycles. The molecule has 0 aliphatic rings. The Morgan fingerprint density at radius 2 is 2.35 bits per heavy atom. The van der Waals surface area contributed by atoms with Crippen LogP contribution in [0.3, 0.4) is 0 Å². The molecule has 0 aliphatic carbocycles. The summed E-state index contributed by atoms with van der Waals surface area (Å²) in [7, 11) is 1.29. The molecule has 0 radical (unpaired) electrons. The predicted octanol–water partition coefficient (Wildman–Crippen LogP) is 0.508. The van der Waals surface area contributed by atoms with Crippen LogP contribution < -0.4 is 11.5 Å². The first-order chi connectivity index (χ1) is 8.04. The molecule has 0 bridgehead atoms. The van der Waals surface area contributed by atoms with Gasteiger partial charge in [-0.05, 0) is 6.07 Å². The number of furan rings is 1. The third kappa shape index (κ3) is 3.83. The summed E-state index contributed by atoms with van der Waals surface area (Å²) in [5.41, 5.74) is 10.6. The average molecular weight is 256 g/mol. The molecule has 7 nitrogen and oxygen atoms in total. The fourth-order valence-corrected chi connectivity index (χ4v) is 1.69. The maximum absolute atomic E-state index is 11.3. The number of amidine groups is 1. The van der Waals surface area contributed by atoms with Crippen LogP contribution in [0.5, 0.6) is 0 Å². The number of nitrogens with two attached hydrogens (primary N) is 2. The van der Waals surface area contributed by atoms with E-state index in [9.17, 15) is 4.79 Å². The highest BCUT2D eigenvalue weighted by atomic mass is 32.2. The van der Waals surface area contributed by atoms with Gasteiger partial charge in [0.1, 0.15) is 11.3 Å². The van der Waals surface area contributed by atoms with Gasteiger partial charge in [0.25, 0.3) is 0 Å². The second-order valence-electron chi connectivity index (χ2n) is 2.88. The Hall–Kier alpha value is -1.96. The van der Waals surface area contributed by atoms with Crippen molar-refractivity contribution < 1.29 is 13.9 Å². The zero-order valence-electron chi connectivity index (χ0n) is 9.10. The monoisotopic (exact) mass is 256 g/mol. The van der Waals surface area contributed by atoms with E-state index >= 15 is 0 Å². The molecule has 17 heavy (non-hydrogen) atoms. The number of thioether (sulfide) groups is 1. The summed E-state index contributed by atoms with van der Waals surface area (Å²) in [5, 5.41) is 7.34. The largest absolute Gasteiger partial charge is 0.468 e. The Kier molecular flexibility index (Phi) is 4.58. The Morgan fingerprint density at radius 3 is 2.94 bits per heavy atom. The fraction of sp³-hybridized carbons (Fsp3) is 0.222. The van der Waals surface area contributed by atoms with Gasteiger partial charge < -0.3 is 20.6 Å². The lowest BCUT2D eigenvalue weighted by Gasteiger charge is -2.00. The quantitative estimate of drug-likeness (QED) is 0.410. The van der Waals surface area contributed by atoms with E-state index in [0.29, 0.717) is 11.3 Å². The molecule has 0 saturated heterocycles. The summed E-state index contributed by atoms with van der Waals surface area (Å²) in [6.07, 6.45) is 1.38. The van der Waals surface area contributed by atoms with E-state index in [0.717, 1.165) is 11.8 Å². The molecule has 8 heteroatoms. The maximum Gasteiger partial charge on any atom is 0.341 e. The molecule has 92 valence electrons. The van der Waals surface area contributed by atoms with Gasteiger partial charge in [-0.3, -0.25) is 5.41 Å². The lowest BCUT2D eigenvalue weighted by molar-refractivity contribution is 0.0598. The molecular formula is C9H12N4O3S. The van der Waals surface area contributed by atoms with E-state index < -0.39 is 5.97 Å². The number of rotatable bonds is 3. The Balaban J connectivity index is 2.64. The summed E-state index contributed by atoms with van der Waals surface area (Å²) in [6.45, 7) is 0. The summed E-state index contributed by atoms with van der Waals surface area (Å²) < 4.78 is 9.69. The summed E-state index contributed by atoms with van der Waals surface area (Å²) in [4.78, 5) is 14.8. The smallest absolute Gasteiger partial charge is 0.341 e. The van der Waals surface area contributed by atoms with Crippen molar-refractivity contribution in [2.24, 2.45) is 16.5 Å². The van der Waals surface area contributed by atoms with E-state index in [-0.39, 0.29) is 16.9 Å². The van der Waals surface area contributed by atoms with Crippen LogP contribution in [0, 0.1) is 5.41 Å². The second-order valence-corrected chi connectivity index (χ2v) is 3.84. The predicted molar refractivity (Wildman–Crippen MR) is 64.9 cm³/mol. The Labute approximate surface area is 102 Å². The van der Waals surface area contributed by atoms with Crippen molar-refractivity contribution in [2.75, 3.05) is 7.11 Å². The number of hydrogen-bond acceptors (Lipinski definition) is 5. The average Bonchev–Trinajstić information content (AvgIpc) is 2.72. The van der Waals surface area contributed by atoms with Crippen LogP contribution in [0.4, 0.5) is 0 Å². The molecule has 1 rings (SSSR count). The van der Waals surface area contributed by atoms with Crippen LogP contribution in [-0.2, 0) is 10.5 Å². The maximum atomic E-state index is 11.3. The van der Waals surface area contributed by atoms with Gasteiger partial charge in [-0.2, -0.15) is 4.99 Å². The molecule has 5 N–H and O–H groups in total. The van der Waals surface area contributed by atoms with Crippen LogP contribution in [0.25, 0.3) is 0 Å². The Morgan fingerprint density at radius 1 is 1.65 bits per heavy atom. The summed E-state index contributed by atoms with van der Waals surface area (Å²) in [5.74, 6) is 0.0165. The summed E-state index contributed by atoms with van der Waals surface area (Å²) in [6, 6.07) is 1.51. The number of ether oxygens (including phenoxy) is 1. The molecule has 0 amide bonds. The first kappa shape index (κ1) is 13.1. The minimum atomic E-state index is -0.484. The van der Waals surface area contributed by atoms with E-state index in [2.05, 4.69) is 9.73 Å². The lowest BCUT2D eigenvalue weighted by Crippen LogP contribution is -2.23. The van der Waals surface area contributed by atoms with Crippen molar-refractivity contribution in [2.45, 2.75) is 5.75 Å². The topological polar surface area (TPSA) is 128 Å². The van der Waals surface area contributed by atoms with Crippen LogP contribution in [-0.4, -0.2) is 24.2 Å². The molecule has 0 aromatic carbocycles. The van der Waals surface area contributed by atoms with Crippen molar-refractivity contribution in [3.05, 3.63) is 23.7 Å². The van der Waals surface area contributed by atoms with Crippen LogP contribution in [0.2, 0.25) is 0 Å². The first-order valence-corrected chi connectivity index (χ1v) is 5.48. The molecule has 0 fully saturated rings. The highest BCUT2D eigenvalue weighted by molar-refractivity contribution is 8.13. The van der Waals surface area contributed by atoms with Crippen molar-refractivity contribution in [3.63, 3.8) is 0 Å². The van der Waals surface area contributed by atoms with E-state index in [1.54, 1.807) is 0 Å². The SMILES string of the molecule is COC(=O)c1ccoc1CSC(=N)N=C(N)N. The van der Waals surface area contributed by atoms with Crippen molar-refractivity contribution in [1.29, 1.82) is 5.41 Å². The normalized spacial score (nSPS) is 9.71. The zero-order chi connectivity index (χ0) is 12.8. The van der Waals surface area contributed by atoms with Gasteiger partial charge in [-0.15, -0.1) is 0 Å². The van der Waals surface area contributed by atoms with E-state index in [1.165, 1.54) is 19.4 Å². The molecular weight excluding hydrogens is 244 g/mol. The van der Waals surface area contributed by atoms with Crippen molar-refractivity contribution >= 4 is 28.9 Å². The molecule has 0 aliphatic heterocycles. The van der Waals surface area contributed by atoms with Gasteiger partial charge in [0.05, 0.1) is 19.1 Å². The van der Waals surface area contributed by atoms with Crippen LogP contribution in [0.15, 0.2) is 21.7 Å². The van der Waals surface area contributed by atoms with Gasteiger partial charge in [0.2, 0.25) is 0 Å². The van der Waals surface area contributed by atoms with Gasteiger partial charge in [0, 0.05) is 0 Å².